The third kappa shape index (κ3) is 3.72. The fourth-order valence-electron chi connectivity index (χ4n) is 1.98. The van der Waals surface area contributed by atoms with Gasteiger partial charge in [0.15, 0.2) is 4.32 Å². The summed E-state index contributed by atoms with van der Waals surface area (Å²) in [6, 6.07) is 10.7. The SMILES string of the molecule is O=C(NN1C(=O)C(=Cc2cccc(Br)c2)SC1=S)c1ccncc1. The Morgan fingerprint density at radius 1 is 1.29 bits per heavy atom. The van der Waals surface area contributed by atoms with Gasteiger partial charge in [-0.15, -0.1) is 0 Å². The van der Waals surface area contributed by atoms with Gasteiger partial charge in [-0.1, -0.05) is 39.8 Å². The lowest BCUT2D eigenvalue weighted by atomic mass is 10.2. The minimum Gasteiger partial charge on any atom is -0.267 e. The number of pyridine rings is 1. The molecule has 2 aromatic rings. The molecule has 0 spiro atoms. The molecule has 0 aliphatic carbocycles. The number of halogens is 1. The van der Waals surface area contributed by atoms with E-state index < -0.39 is 5.91 Å². The van der Waals surface area contributed by atoms with Crippen molar-refractivity contribution < 1.29 is 9.59 Å². The van der Waals surface area contributed by atoms with Gasteiger partial charge < -0.3 is 0 Å². The Balaban J connectivity index is 1.78. The van der Waals surface area contributed by atoms with Crippen molar-refractivity contribution >= 4 is 62.1 Å². The van der Waals surface area contributed by atoms with Crippen LogP contribution < -0.4 is 5.43 Å². The van der Waals surface area contributed by atoms with Gasteiger partial charge in [0.1, 0.15) is 0 Å². The van der Waals surface area contributed by atoms with E-state index in [0.717, 1.165) is 26.8 Å². The first-order valence-electron chi connectivity index (χ1n) is 6.79. The van der Waals surface area contributed by atoms with Gasteiger partial charge >= 0.3 is 0 Å². The first-order chi connectivity index (χ1) is 11.5. The van der Waals surface area contributed by atoms with Crippen LogP contribution in [-0.4, -0.2) is 26.1 Å². The van der Waals surface area contributed by atoms with Crippen LogP contribution in [0.2, 0.25) is 0 Å². The number of aromatic nitrogens is 1. The van der Waals surface area contributed by atoms with Gasteiger partial charge in [-0.3, -0.25) is 20.0 Å². The summed E-state index contributed by atoms with van der Waals surface area (Å²) in [6.07, 6.45) is 4.75. The Morgan fingerprint density at radius 3 is 2.75 bits per heavy atom. The summed E-state index contributed by atoms with van der Waals surface area (Å²) in [7, 11) is 0. The van der Waals surface area contributed by atoms with Crippen molar-refractivity contribution in [3.8, 4) is 0 Å². The molecule has 0 bridgehead atoms. The quantitative estimate of drug-likeness (QED) is 0.610. The van der Waals surface area contributed by atoms with Crippen LogP contribution in [0.25, 0.3) is 6.08 Å². The molecule has 0 radical (unpaired) electrons. The number of thioether (sulfide) groups is 1. The topological polar surface area (TPSA) is 62.3 Å². The zero-order valence-electron chi connectivity index (χ0n) is 12.1. The van der Waals surface area contributed by atoms with E-state index in [4.69, 9.17) is 12.2 Å². The van der Waals surface area contributed by atoms with E-state index in [0.29, 0.717) is 10.5 Å². The van der Waals surface area contributed by atoms with Gasteiger partial charge in [0.2, 0.25) is 0 Å². The Labute approximate surface area is 156 Å². The van der Waals surface area contributed by atoms with Crippen LogP contribution in [0, 0.1) is 0 Å². The third-order valence-electron chi connectivity index (χ3n) is 3.10. The molecule has 5 nitrogen and oxygen atoms in total. The summed E-state index contributed by atoms with van der Waals surface area (Å²) in [5.74, 6) is -0.773. The number of nitrogens with one attached hydrogen (secondary N) is 1. The minimum atomic E-state index is -0.419. The number of carbonyl (C=O) groups is 2. The second kappa shape index (κ2) is 7.25. The number of thiocarbonyl (C=S) groups is 1. The highest BCUT2D eigenvalue weighted by molar-refractivity contribution is 9.10. The van der Waals surface area contributed by atoms with Crippen LogP contribution in [0.4, 0.5) is 0 Å². The van der Waals surface area contributed by atoms with Crippen LogP contribution in [0.3, 0.4) is 0 Å². The van der Waals surface area contributed by atoms with Gasteiger partial charge in [-0.2, -0.15) is 5.01 Å². The molecule has 0 atom stereocenters. The summed E-state index contributed by atoms with van der Waals surface area (Å²) in [5.41, 5.74) is 3.79. The maximum absolute atomic E-state index is 12.5. The van der Waals surface area contributed by atoms with Crippen molar-refractivity contribution in [1.82, 2.24) is 15.4 Å². The molecule has 2 amide bonds. The van der Waals surface area contributed by atoms with Gasteiger partial charge in [-0.25, -0.2) is 0 Å². The van der Waals surface area contributed by atoms with Crippen molar-refractivity contribution in [2.24, 2.45) is 0 Å². The van der Waals surface area contributed by atoms with Gasteiger partial charge in [0.25, 0.3) is 11.8 Å². The number of benzene rings is 1. The molecular formula is C16H10BrN3O2S2. The van der Waals surface area contributed by atoms with Crippen LogP contribution in [0.5, 0.6) is 0 Å². The number of amides is 2. The van der Waals surface area contributed by atoms with Crippen molar-refractivity contribution in [1.29, 1.82) is 0 Å². The van der Waals surface area contributed by atoms with E-state index in [9.17, 15) is 9.59 Å². The van der Waals surface area contributed by atoms with Crippen molar-refractivity contribution in [3.63, 3.8) is 0 Å². The van der Waals surface area contributed by atoms with Gasteiger partial charge in [-0.05, 0) is 48.1 Å². The zero-order valence-corrected chi connectivity index (χ0v) is 15.3. The molecule has 1 aromatic carbocycles. The Hall–Kier alpha value is -2.03. The molecule has 1 saturated heterocycles. The standard InChI is InChI=1S/C16H10BrN3O2S2/c17-12-3-1-2-10(8-12)9-13-15(22)20(16(23)24-13)19-14(21)11-4-6-18-7-5-11/h1-9H,(H,19,21). The number of rotatable bonds is 3. The fraction of sp³-hybridized carbons (Fsp3) is 0. The van der Waals surface area contributed by atoms with E-state index in [2.05, 4.69) is 26.3 Å². The maximum atomic E-state index is 12.5. The van der Waals surface area contributed by atoms with E-state index in [1.807, 2.05) is 24.3 Å². The second-order valence-corrected chi connectivity index (χ2v) is 7.34. The summed E-state index contributed by atoms with van der Waals surface area (Å²) in [5, 5.41) is 1.09. The van der Waals surface area contributed by atoms with Gasteiger partial charge in [0.05, 0.1) is 4.91 Å². The average molecular weight is 420 g/mol. The zero-order chi connectivity index (χ0) is 17.1. The molecule has 0 unspecified atom stereocenters. The lowest BCUT2D eigenvalue weighted by molar-refractivity contribution is -0.123. The molecule has 0 saturated carbocycles. The molecule has 120 valence electrons. The molecule has 8 heteroatoms. The molecule has 1 aromatic heterocycles. The number of hydrogen-bond acceptors (Lipinski definition) is 5. The van der Waals surface area contributed by atoms with E-state index in [-0.39, 0.29) is 10.2 Å². The van der Waals surface area contributed by atoms with Crippen molar-refractivity contribution in [2.45, 2.75) is 0 Å². The first-order valence-corrected chi connectivity index (χ1v) is 8.81. The average Bonchev–Trinajstić information content (AvgIpc) is 2.83. The molecule has 24 heavy (non-hydrogen) atoms. The molecular weight excluding hydrogens is 410 g/mol. The molecule has 1 fully saturated rings. The predicted molar refractivity (Wildman–Crippen MR) is 101 cm³/mol. The Morgan fingerprint density at radius 2 is 2.04 bits per heavy atom. The monoisotopic (exact) mass is 419 g/mol. The molecule has 3 rings (SSSR count). The highest BCUT2D eigenvalue weighted by Gasteiger charge is 2.33. The van der Waals surface area contributed by atoms with E-state index >= 15 is 0 Å². The fourth-order valence-corrected chi connectivity index (χ4v) is 3.58. The van der Waals surface area contributed by atoms with Crippen molar-refractivity contribution in [2.75, 3.05) is 0 Å². The Bertz CT molecular complexity index is 855. The van der Waals surface area contributed by atoms with E-state index in [1.165, 1.54) is 12.4 Å². The number of hydrogen-bond donors (Lipinski definition) is 1. The third-order valence-corrected chi connectivity index (χ3v) is 4.89. The molecule has 2 heterocycles. The normalized spacial score (nSPS) is 15.9. The molecule has 1 aliphatic heterocycles. The molecule has 1 N–H and O–H groups in total. The van der Waals surface area contributed by atoms with Crippen LogP contribution in [-0.2, 0) is 4.79 Å². The highest BCUT2D eigenvalue weighted by atomic mass is 79.9. The highest BCUT2D eigenvalue weighted by Crippen LogP contribution is 2.31. The maximum Gasteiger partial charge on any atom is 0.285 e. The van der Waals surface area contributed by atoms with E-state index in [1.54, 1.807) is 18.2 Å². The summed E-state index contributed by atoms with van der Waals surface area (Å²) >= 11 is 9.73. The molecule has 1 aliphatic rings. The summed E-state index contributed by atoms with van der Waals surface area (Å²) < 4.78 is 1.20. The lowest BCUT2D eigenvalue weighted by Crippen LogP contribution is -2.44. The minimum absolute atomic E-state index is 0.281. The number of hydrazine groups is 1. The van der Waals surface area contributed by atoms with Crippen LogP contribution >= 0.6 is 39.9 Å². The van der Waals surface area contributed by atoms with Gasteiger partial charge in [0, 0.05) is 22.4 Å². The Kier molecular flexibility index (Phi) is 5.08. The second-order valence-electron chi connectivity index (χ2n) is 4.75. The first kappa shape index (κ1) is 16.8. The number of nitrogens with zero attached hydrogens (tertiary/aromatic N) is 2. The smallest absolute Gasteiger partial charge is 0.267 e. The van der Waals surface area contributed by atoms with Crippen molar-refractivity contribution in [3.05, 3.63) is 69.3 Å². The lowest BCUT2D eigenvalue weighted by Gasteiger charge is -2.15. The predicted octanol–water partition coefficient (Wildman–Crippen LogP) is 3.39. The van der Waals surface area contributed by atoms with Crippen LogP contribution in [0.1, 0.15) is 15.9 Å². The number of carbonyl (C=O) groups excluding carboxylic acids is 2. The summed E-state index contributed by atoms with van der Waals surface area (Å²) in [4.78, 5) is 29.0. The van der Waals surface area contributed by atoms with Crippen LogP contribution in [0.15, 0.2) is 58.2 Å². The largest absolute Gasteiger partial charge is 0.285 e. The summed E-state index contributed by atoms with van der Waals surface area (Å²) in [6.45, 7) is 0.